The summed E-state index contributed by atoms with van der Waals surface area (Å²) in [7, 11) is -1.26. The summed E-state index contributed by atoms with van der Waals surface area (Å²) in [6, 6.07) is 5.46. The number of carbonyl (C=O) groups excluding carboxylic acids is 2. The van der Waals surface area contributed by atoms with E-state index in [1.807, 2.05) is 34.6 Å². The number of aryl methyl sites for hydroxylation is 1. The largest absolute Gasteiger partial charge is 0.444 e. The minimum atomic E-state index is -1.26. The van der Waals surface area contributed by atoms with Gasteiger partial charge in [0, 0.05) is 45.4 Å². The van der Waals surface area contributed by atoms with E-state index in [1.165, 1.54) is 12.1 Å². The van der Waals surface area contributed by atoms with Gasteiger partial charge in [-0.3, -0.25) is 9.78 Å². The highest BCUT2D eigenvalue weighted by molar-refractivity contribution is 6.76. The molecule has 0 spiro atoms. The Morgan fingerprint density at radius 2 is 1.83 bits per heavy atom. The Bertz CT molecular complexity index is 1390. The van der Waals surface area contributed by atoms with E-state index >= 15 is 4.39 Å². The molecule has 0 bridgehead atoms. The average Bonchev–Trinajstić information content (AvgIpc) is 3.24. The molecule has 0 saturated carbocycles. The summed E-state index contributed by atoms with van der Waals surface area (Å²) in [5.41, 5.74) is 3.05. The molecule has 1 aromatic carbocycles. The molecule has 3 aromatic rings. The van der Waals surface area contributed by atoms with Crippen molar-refractivity contribution in [3.05, 3.63) is 70.8 Å². The van der Waals surface area contributed by atoms with E-state index in [2.05, 4.69) is 29.6 Å². The van der Waals surface area contributed by atoms with E-state index < -0.39 is 31.4 Å². The fourth-order valence-electron chi connectivity index (χ4n) is 4.21. The molecule has 2 aromatic heterocycles. The van der Waals surface area contributed by atoms with Gasteiger partial charge < -0.3 is 18.9 Å². The van der Waals surface area contributed by atoms with Gasteiger partial charge in [-0.1, -0.05) is 25.7 Å². The minimum Gasteiger partial charge on any atom is -0.444 e. The minimum absolute atomic E-state index is 0.0785. The molecule has 3 rings (SSSR count). The van der Waals surface area contributed by atoms with Crippen molar-refractivity contribution in [2.75, 3.05) is 13.2 Å². The van der Waals surface area contributed by atoms with Crippen molar-refractivity contribution in [1.29, 1.82) is 0 Å². The second kappa shape index (κ2) is 13.1. The van der Waals surface area contributed by atoms with E-state index in [9.17, 15) is 9.59 Å². The van der Waals surface area contributed by atoms with Crippen LogP contribution in [0.1, 0.15) is 60.7 Å². The number of carbonyl (C=O) groups is 2. The molecule has 0 radical (unpaired) electrons. The first kappa shape index (κ1) is 32.1. The van der Waals surface area contributed by atoms with Crippen LogP contribution in [0, 0.1) is 19.7 Å². The fraction of sp³-hybridized carbons (Fsp3) is 0.484. The molecule has 0 aliphatic rings. The number of benzene rings is 1. The van der Waals surface area contributed by atoms with Crippen LogP contribution in [-0.4, -0.2) is 58.1 Å². The van der Waals surface area contributed by atoms with Gasteiger partial charge in [0.25, 0.3) is 0 Å². The molecule has 0 atom stereocenters. The molecule has 41 heavy (non-hydrogen) atoms. The van der Waals surface area contributed by atoms with Crippen LogP contribution in [0.2, 0.25) is 25.7 Å². The Morgan fingerprint density at radius 1 is 1.12 bits per heavy atom. The Kier molecular flexibility index (Phi) is 10.3. The van der Waals surface area contributed by atoms with E-state index in [-0.39, 0.29) is 18.1 Å². The number of nitrogens with zero attached hydrogens (tertiary/aromatic N) is 4. The molecule has 2 heterocycles. The van der Waals surface area contributed by atoms with Crippen molar-refractivity contribution >= 4 is 20.0 Å². The summed E-state index contributed by atoms with van der Waals surface area (Å²) in [6.45, 7) is 19.4. The van der Waals surface area contributed by atoms with Gasteiger partial charge in [-0.15, -0.1) is 0 Å². The molecular weight excluding hydrogens is 539 g/mol. The van der Waals surface area contributed by atoms with Gasteiger partial charge in [0.2, 0.25) is 5.78 Å². The van der Waals surface area contributed by atoms with Crippen LogP contribution in [0.15, 0.2) is 36.8 Å². The lowest BCUT2D eigenvalue weighted by molar-refractivity contribution is 0.0244. The van der Waals surface area contributed by atoms with Gasteiger partial charge >= 0.3 is 6.09 Å². The second-order valence-corrected chi connectivity index (χ2v) is 18.1. The number of pyridine rings is 1. The van der Waals surface area contributed by atoms with Gasteiger partial charge in [-0.25, -0.2) is 14.2 Å². The zero-order valence-corrected chi connectivity index (χ0v) is 26.8. The van der Waals surface area contributed by atoms with E-state index in [0.717, 1.165) is 22.7 Å². The Morgan fingerprint density at radius 3 is 2.46 bits per heavy atom. The van der Waals surface area contributed by atoms with Crippen molar-refractivity contribution in [1.82, 2.24) is 19.4 Å². The highest BCUT2D eigenvalue weighted by atomic mass is 28.3. The fourth-order valence-corrected chi connectivity index (χ4v) is 4.97. The summed E-state index contributed by atoms with van der Waals surface area (Å²) in [4.78, 5) is 36.6. The third-order valence-corrected chi connectivity index (χ3v) is 8.27. The lowest BCUT2D eigenvalue weighted by Crippen LogP contribution is -2.36. The molecule has 222 valence electrons. The lowest BCUT2D eigenvalue weighted by Gasteiger charge is -2.27. The standard InChI is InChI=1S/C31H43FN4O4Si/c1-10-35(30(38)40-31(4,5)6)19-24-16-33-17-26(22(24)3)23-11-12-27(32)25(15-23)28(37)29-34-21(2)18-36(29)20-39-13-14-41(7,8)9/h11-12,15-18H,10,13-14,19-20H2,1-9H3. The number of halogens is 1. The maximum Gasteiger partial charge on any atom is 0.410 e. The highest BCUT2D eigenvalue weighted by Gasteiger charge is 2.24. The number of ketones is 1. The number of hydrogen-bond acceptors (Lipinski definition) is 6. The zero-order valence-electron chi connectivity index (χ0n) is 25.8. The summed E-state index contributed by atoms with van der Waals surface area (Å²) in [5.74, 6) is -1.02. The van der Waals surface area contributed by atoms with Gasteiger partial charge in [-0.2, -0.15) is 0 Å². The number of aromatic nitrogens is 3. The summed E-state index contributed by atoms with van der Waals surface area (Å²) < 4.78 is 28.1. The van der Waals surface area contributed by atoms with Crippen LogP contribution < -0.4 is 0 Å². The number of rotatable bonds is 11. The number of imidazole rings is 1. The van der Waals surface area contributed by atoms with Crippen molar-refractivity contribution in [3.63, 3.8) is 0 Å². The summed E-state index contributed by atoms with van der Waals surface area (Å²) in [6.07, 6.45) is 4.73. The Hall–Kier alpha value is -3.37. The maximum absolute atomic E-state index is 15.1. The van der Waals surface area contributed by atoms with Crippen LogP contribution >= 0.6 is 0 Å². The smallest absolute Gasteiger partial charge is 0.410 e. The zero-order chi connectivity index (χ0) is 30.5. The van der Waals surface area contributed by atoms with Crippen molar-refractivity contribution in [2.45, 2.75) is 86.1 Å². The van der Waals surface area contributed by atoms with Crippen LogP contribution in [0.3, 0.4) is 0 Å². The van der Waals surface area contributed by atoms with E-state index in [4.69, 9.17) is 9.47 Å². The van der Waals surface area contributed by atoms with E-state index in [1.54, 1.807) is 41.0 Å². The van der Waals surface area contributed by atoms with Crippen LogP contribution in [0.4, 0.5) is 9.18 Å². The Balaban J connectivity index is 1.88. The third-order valence-electron chi connectivity index (χ3n) is 6.56. The molecule has 0 N–H and O–H groups in total. The maximum atomic E-state index is 15.1. The first-order valence-electron chi connectivity index (χ1n) is 14.0. The van der Waals surface area contributed by atoms with Crippen molar-refractivity contribution < 1.29 is 23.5 Å². The van der Waals surface area contributed by atoms with Crippen molar-refractivity contribution in [2.24, 2.45) is 0 Å². The number of ether oxygens (including phenoxy) is 2. The van der Waals surface area contributed by atoms with Crippen LogP contribution in [0.25, 0.3) is 11.1 Å². The summed E-state index contributed by atoms with van der Waals surface area (Å²) >= 11 is 0. The second-order valence-electron chi connectivity index (χ2n) is 12.5. The van der Waals surface area contributed by atoms with Gasteiger partial charge in [0.1, 0.15) is 18.1 Å². The van der Waals surface area contributed by atoms with E-state index in [0.29, 0.717) is 31.0 Å². The predicted molar refractivity (Wildman–Crippen MR) is 161 cm³/mol. The first-order valence-corrected chi connectivity index (χ1v) is 17.7. The molecule has 1 amide bonds. The molecular formula is C31H43FN4O4Si. The quantitative estimate of drug-likeness (QED) is 0.137. The number of amides is 1. The van der Waals surface area contributed by atoms with Crippen LogP contribution in [0.5, 0.6) is 0 Å². The molecule has 0 saturated heterocycles. The number of hydrogen-bond donors (Lipinski definition) is 0. The molecule has 10 heteroatoms. The summed E-state index contributed by atoms with van der Waals surface area (Å²) in [5, 5.41) is 0. The predicted octanol–water partition coefficient (Wildman–Crippen LogP) is 7.00. The average molecular weight is 583 g/mol. The van der Waals surface area contributed by atoms with Gasteiger partial charge in [-0.05, 0) is 76.4 Å². The van der Waals surface area contributed by atoms with Gasteiger partial charge in [0.15, 0.2) is 5.82 Å². The molecule has 0 fully saturated rings. The lowest BCUT2D eigenvalue weighted by atomic mass is 9.96. The monoisotopic (exact) mass is 582 g/mol. The Labute approximate surface area is 243 Å². The SMILES string of the molecule is CCN(Cc1cncc(-c2ccc(F)c(C(=O)c3nc(C)cn3COCC[Si](C)(C)C)c2)c1C)C(=O)OC(C)(C)C. The molecule has 0 aliphatic carbocycles. The first-order chi connectivity index (χ1) is 19.1. The molecule has 8 nitrogen and oxygen atoms in total. The third kappa shape index (κ3) is 8.80. The topological polar surface area (TPSA) is 86.5 Å². The van der Waals surface area contributed by atoms with Crippen LogP contribution in [-0.2, 0) is 22.7 Å². The molecule has 0 unspecified atom stereocenters. The normalized spacial score (nSPS) is 12.0. The van der Waals surface area contributed by atoms with Gasteiger partial charge in [0.05, 0.1) is 17.8 Å². The van der Waals surface area contributed by atoms with Crippen molar-refractivity contribution in [3.8, 4) is 11.1 Å². The molecule has 0 aliphatic heterocycles. The highest BCUT2D eigenvalue weighted by Crippen LogP contribution is 2.28.